The van der Waals surface area contributed by atoms with Gasteiger partial charge in [-0.15, -0.1) is 0 Å². The van der Waals surface area contributed by atoms with Gasteiger partial charge in [-0.05, 0) is 55.6 Å². The van der Waals surface area contributed by atoms with Gasteiger partial charge >= 0.3 is 0 Å². The molecule has 1 saturated carbocycles. The largest absolute Gasteiger partial charge is 0.493 e. The van der Waals surface area contributed by atoms with Crippen LogP contribution in [0.15, 0.2) is 47.4 Å². The normalized spacial score (nSPS) is 19.4. The van der Waals surface area contributed by atoms with E-state index in [0.29, 0.717) is 35.2 Å². The second-order valence-corrected chi connectivity index (χ2v) is 11.3. The Labute approximate surface area is 214 Å². The van der Waals surface area contributed by atoms with Gasteiger partial charge in [0.15, 0.2) is 11.5 Å². The number of carbonyl (C=O) groups excluding carboxylic acids is 1. The van der Waals surface area contributed by atoms with Gasteiger partial charge in [0.05, 0.1) is 19.1 Å². The van der Waals surface area contributed by atoms with Crippen molar-refractivity contribution in [1.82, 2.24) is 10.2 Å². The third-order valence-electron chi connectivity index (χ3n) is 7.19. The topological polar surface area (TPSA) is 97.0 Å². The molecule has 4 rings (SSSR count). The summed E-state index contributed by atoms with van der Waals surface area (Å²) >= 11 is 0. The van der Waals surface area contributed by atoms with E-state index in [9.17, 15) is 13.2 Å². The number of benzene rings is 2. The Balaban J connectivity index is 1.52. The van der Waals surface area contributed by atoms with Crippen LogP contribution in [-0.4, -0.2) is 59.1 Å². The maximum atomic E-state index is 13.6. The van der Waals surface area contributed by atoms with Crippen molar-refractivity contribution in [3.63, 3.8) is 0 Å². The molecular formula is C27H37N3O5S. The number of anilines is 1. The Bertz CT molecular complexity index is 1150. The molecule has 0 radical (unpaired) electrons. The first-order chi connectivity index (χ1) is 17.4. The molecule has 0 spiro atoms. The van der Waals surface area contributed by atoms with Gasteiger partial charge < -0.3 is 19.7 Å². The number of hydrogen-bond donors (Lipinski definition) is 2. The minimum atomic E-state index is -3.89. The number of rotatable bonds is 8. The quantitative estimate of drug-likeness (QED) is 0.545. The highest BCUT2D eigenvalue weighted by atomic mass is 32.2. The first kappa shape index (κ1) is 26.3. The van der Waals surface area contributed by atoms with Crippen LogP contribution in [0.5, 0.6) is 11.5 Å². The minimum absolute atomic E-state index is 0.0445. The Hall–Kier alpha value is -2.78. The van der Waals surface area contributed by atoms with Gasteiger partial charge in [0.1, 0.15) is 0 Å². The number of carbonyl (C=O) groups is 1. The van der Waals surface area contributed by atoms with Gasteiger partial charge in [-0.2, -0.15) is 0 Å². The van der Waals surface area contributed by atoms with Gasteiger partial charge in [0.25, 0.3) is 15.9 Å². The number of methoxy groups -OCH3 is 2. The average molecular weight is 516 g/mol. The van der Waals surface area contributed by atoms with Crippen molar-refractivity contribution >= 4 is 21.6 Å². The molecule has 196 valence electrons. The van der Waals surface area contributed by atoms with Gasteiger partial charge in [-0.1, -0.05) is 38.2 Å². The predicted molar refractivity (Wildman–Crippen MR) is 140 cm³/mol. The van der Waals surface area contributed by atoms with Gasteiger partial charge in [0, 0.05) is 36.4 Å². The number of nitrogens with one attached hydrogen (secondary N) is 2. The SMILES string of the molecule is COc1ccc(S(=O)(=O)Nc2cccc(C(=O)N3CCCNCC3CC3CCCCC3)c2)cc1OC. The molecule has 2 aromatic carbocycles. The van der Waals surface area contributed by atoms with E-state index in [1.807, 2.05) is 4.90 Å². The summed E-state index contributed by atoms with van der Waals surface area (Å²) in [6.45, 7) is 2.40. The molecule has 1 heterocycles. The van der Waals surface area contributed by atoms with Gasteiger partial charge in [0.2, 0.25) is 0 Å². The highest BCUT2D eigenvalue weighted by molar-refractivity contribution is 7.92. The van der Waals surface area contributed by atoms with Crippen LogP contribution in [0.2, 0.25) is 0 Å². The van der Waals surface area contributed by atoms with Crippen molar-refractivity contribution in [3.8, 4) is 11.5 Å². The van der Waals surface area contributed by atoms with Crippen LogP contribution >= 0.6 is 0 Å². The lowest BCUT2D eigenvalue weighted by Gasteiger charge is -2.34. The molecule has 2 aromatic rings. The fourth-order valence-corrected chi connectivity index (χ4v) is 6.37. The number of sulfonamides is 1. The first-order valence-corrected chi connectivity index (χ1v) is 14.3. The molecule has 2 aliphatic rings. The van der Waals surface area contributed by atoms with E-state index in [4.69, 9.17) is 9.47 Å². The van der Waals surface area contributed by atoms with E-state index in [1.165, 1.54) is 58.5 Å². The van der Waals surface area contributed by atoms with Crippen molar-refractivity contribution < 1.29 is 22.7 Å². The number of ether oxygens (including phenoxy) is 2. The summed E-state index contributed by atoms with van der Waals surface area (Å²) in [4.78, 5) is 15.7. The summed E-state index contributed by atoms with van der Waals surface area (Å²) in [6, 6.07) is 11.3. The molecule has 8 nitrogen and oxygen atoms in total. The molecule has 2 fully saturated rings. The molecule has 1 unspecified atom stereocenters. The molecule has 1 amide bonds. The fraction of sp³-hybridized carbons (Fsp3) is 0.519. The Morgan fingerprint density at radius 1 is 1.03 bits per heavy atom. The molecule has 1 atom stereocenters. The average Bonchev–Trinajstić information content (AvgIpc) is 3.13. The van der Waals surface area contributed by atoms with Crippen LogP contribution in [0.3, 0.4) is 0 Å². The van der Waals surface area contributed by atoms with Crippen molar-refractivity contribution in [3.05, 3.63) is 48.0 Å². The zero-order chi connectivity index (χ0) is 25.5. The molecule has 1 aliphatic carbocycles. The zero-order valence-corrected chi connectivity index (χ0v) is 22.0. The molecular weight excluding hydrogens is 478 g/mol. The van der Waals surface area contributed by atoms with E-state index < -0.39 is 10.0 Å². The number of amides is 1. The molecule has 1 aliphatic heterocycles. The Morgan fingerprint density at radius 3 is 2.56 bits per heavy atom. The highest BCUT2D eigenvalue weighted by Gasteiger charge is 2.29. The van der Waals surface area contributed by atoms with Crippen LogP contribution in [-0.2, 0) is 10.0 Å². The standard InChI is InChI=1S/C27H37N3O5S/c1-34-25-13-12-24(18-26(25)35-2)36(32,33)29-22-11-6-10-21(17-22)27(31)30-15-7-14-28-19-23(30)16-20-8-4-3-5-9-20/h6,10-13,17-18,20,23,28-29H,3-5,7-9,14-16,19H2,1-2H3. The maximum absolute atomic E-state index is 13.6. The number of nitrogens with zero attached hydrogens (tertiary/aromatic N) is 1. The molecule has 1 saturated heterocycles. The molecule has 2 N–H and O–H groups in total. The van der Waals surface area contributed by atoms with E-state index in [1.54, 1.807) is 30.3 Å². The summed E-state index contributed by atoms with van der Waals surface area (Å²) < 4.78 is 39.2. The lowest BCUT2D eigenvalue weighted by molar-refractivity contribution is 0.0659. The Kier molecular flexibility index (Phi) is 8.74. The van der Waals surface area contributed by atoms with Crippen LogP contribution in [0, 0.1) is 5.92 Å². The van der Waals surface area contributed by atoms with Crippen molar-refractivity contribution in [1.29, 1.82) is 0 Å². The van der Waals surface area contributed by atoms with Crippen LogP contribution in [0.25, 0.3) is 0 Å². The molecule has 0 bridgehead atoms. The van der Waals surface area contributed by atoms with Crippen molar-refractivity contribution in [2.24, 2.45) is 5.92 Å². The van der Waals surface area contributed by atoms with E-state index in [0.717, 1.165) is 25.9 Å². The first-order valence-electron chi connectivity index (χ1n) is 12.8. The van der Waals surface area contributed by atoms with E-state index in [2.05, 4.69) is 10.0 Å². The summed E-state index contributed by atoms with van der Waals surface area (Å²) in [5.41, 5.74) is 0.825. The van der Waals surface area contributed by atoms with Crippen LogP contribution in [0.1, 0.15) is 55.3 Å². The monoisotopic (exact) mass is 515 g/mol. The second kappa shape index (κ2) is 12.0. The highest BCUT2D eigenvalue weighted by Crippen LogP contribution is 2.31. The third-order valence-corrected chi connectivity index (χ3v) is 8.57. The summed E-state index contributed by atoms with van der Waals surface area (Å²) in [5.74, 6) is 1.38. The van der Waals surface area contributed by atoms with Crippen LogP contribution < -0.4 is 19.5 Å². The second-order valence-electron chi connectivity index (χ2n) is 9.65. The summed E-state index contributed by atoms with van der Waals surface area (Å²) in [6.07, 6.45) is 8.27. The van der Waals surface area contributed by atoms with Gasteiger partial charge in [-0.3, -0.25) is 9.52 Å². The number of hydrogen-bond acceptors (Lipinski definition) is 6. The summed E-state index contributed by atoms with van der Waals surface area (Å²) in [7, 11) is -0.947. The van der Waals surface area contributed by atoms with Crippen molar-refractivity contribution in [2.75, 3.05) is 38.6 Å². The van der Waals surface area contributed by atoms with E-state index >= 15 is 0 Å². The molecule has 0 aromatic heterocycles. The lowest BCUT2D eigenvalue weighted by atomic mass is 9.84. The lowest BCUT2D eigenvalue weighted by Crippen LogP contribution is -2.44. The van der Waals surface area contributed by atoms with Crippen molar-refractivity contribution in [2.45, 2.75) is 55.9 Å². The van der Waals surface area contributed by atoms with Crippen LogP contribution in [0.4, 0.5) is 5.69 Å². The molecule has 36 heavy (non-hydrogen) atoms. The van der Waals surface area contributed by atoms with Gasteiger partial charge in [-0.25, -0.2) is 8.42 Å². The van der Waals surface area contributed by atoms with E-state index in [-0.39, 0.29) is 16.8 Å². The molecule has 9 heteroatoms. The third kappa shape index (κ3) is 6.31. The maximum Gasteiger partial charge on any atom is 0.262 e. The summed E-state index contributed by atoms with van der Waals surface area (Å²) in [5, 5.41) is 3.50. The Morgan fingerprint density at radius 2 is 1.81 bits per heavy atom. The fourth-order valence-electron chi connectivity index (χ4n) is 5.30. The smallest absolute Gasteiger partial charge is 0.262 e. The minimum Gasteiger partial charge on any atom is -0.493 e. The zero-order valence-electron chi connectivity index (χ0n) is 21.2. The predicted octanol–water partition coefficient (Wildman–Crippen LogP) is 4.28.